The van der Waals surface area contributed by atoms with E-state index in [2.05, 4.69) is 63.6 Å². The van der Waals surface area contributed by atoms with Crippen LogP contribution in [0.2, 0.25) is 8.87 Å². The second-order valence-corrected chi connectivity index (χ2v) is 13.8. The van der Waals surface area contributed by atoms with Crippen LogP contribution in [0.1, 0.15) is 143 Å². The fourth-order valence-electron chi connectivity index (χ4n) is 3.37. The van der Waals surface area contributed by atoms with E-state index in [1.54, 1.807) is 21.7 Å². The van der Waals surface area contributed by atoms with E-state index in [1.165, 1.54) is 89.9 Å². The number of hydrogen-bond donors (Lipinski definition) is 3. The van der Waals surface area contributed by atoms with E-state index in [4.69, 9.17) is 0 Å². The van der Waals surface area contributed by atoms with Gasteiger partial charge in [0.2, 0.25) is 0 Å². The van der Waals surface area contributed by atoms with Crippen LogP contribution in [0.4, 0.5) is 0 Å². The Hall–Kier alpha value is 1.52. The molecule has 0 amide bonds. The maximum Gasteiger partial charge on any atom is -0.115 e. The van der Waals surface area contributed by atoms with Crippen LogP contribution in [0.3, 0.4) is 0 Å². The topological polar surface area (TPSA) is 17.1 Å². The van der Waals surface area contributed by atoms with Crippen LogP contribution < -0.4 is 0 Å². The summed E-state index contributed by atoms with van der Waals surface area (Å²) in [5, 5.41) is 0.0267. The summed E-state index contributed by atoms with van der Waals surface area (Å²) < 4.78 is 3.31. The number of hydrogen-bond acceptors (Lipinski definition) is 3. The van der Waals surface area contributed by atoms with Crippen LogP contribution in [-0.2, 0) is 4.79 Å². The van der Waals surface area contributed by atoms with E-state index in [1.807, 2.05) is 0 Å². The van der Waals surface area contributed by atoms with Gasteiger partial charge in [0.05, 0.1) is 0 Å². The van der Waals surface area contributed by atoms with Gasteiger partial charge in [0.15, 0.2) is 5.12 Å². The van der Waals surface area contributed by atoms with Gasteiger partial charge in [0.25, 0.3) is 0 Å². The van der Waals surface area contributed by atoms with Gasteiger partial charge in [-0.05, 0) is 12.3 Å². The molecule has 1 nitrogen and oxygen atoms in total. The molecule has 0 rings (SSSR count). The molecule has 188 valence electrons. The third-order valence-corrected chi connectivity index (χ3v) is 9.60. The van der Waals surface area contributed by atoms with Crippen molar-refractivity contribution in [1.29, 1.82) is 0 Å². The molecule has 0 aromatic rings. The van der Waals surface area contributed by atoms with Gasteiger partial charge in [-0.2, -0.15) is 0 Å². The summed E-state index contributed by atoms with van der Waals surface area (Å²) >= 11 is 10.2. The summed E-state index contributed by atoms with van der Waals surface area (Å²) in [5.74, 6) is 0.816. The van der Waals surface area contributed by atoms with Crippen LogP contribution in [0.25, 0.3) is 0 Å². The van der Waals surface area contributed by atoms with E-state index in [0.29, 0.717) is 6.42 Å². The van der Waals surface area contributed by atoms with Crippen molar-refractivity contribution in [1.82, 2.24) is 0 Å². The Labute approximate surface area is 223 Å². The summed E-state index contributed by atoms with van der Waals surface area (Å²) in [6.07, 6.45) is 24.5. The predicted molar refractivity (Wildman–Crippen MR) is 157 cm³/mol. The zero-order valence-electron chi connectivity index (χ0n) is 21.5. The first-order valence-corrected chi connectivity index (χ1v) is 19.2. The molecular weight excluding hydrogens is 543 g/mol. The molecular formula is C26H56OS3Sn. The summed E-state index contributed by atoms with van der Waals surface area (Å²) in [5.41, 5.74) is 0. The molecule has 0 unspecified atom stereocenters. The fraction of sp³-hybridized carbons (Fsp3) is 0.962. The maximum absolute atomic E-state index is 10.4. The molecule has 0 spiro atoms. The molecule has 0 saturated heterocycles. The average Bonchev–Trinajstić information content (AvgIpc) is 2.75. The Morgan fingerprint density at radius 1 is 0.645 bits per heavy atom. The van der Waals surface area contributed by atoms with Crippen molar-refractivity contribution < 1.29 is 4.79 Å². The zero-order valence-corrected chi connectivity index (χ0v) is 27.0. The van der Waals surface area contributed by atoms with Gasteiger partial charge in [-0.25, -0.2) is 0 Å². The molecule has 0 bridgehead atoms. The van der Waals surface area contributed by atoms with E-state index in [9.17, 15) is 4.79 Å². The van der Waals surface area contributed by atoms with Gasteiger partial charge in [-0.3, -0.25) is 4.79 Å². The predicted octanol–water partition coefficient (Wildman–Crippen LogP) is 10.4. The molecule has 0 saturated carbocycles. The summed E-state index contributed by atoms with van der Waals surface area (Å²) in [7, 11) is 0. The van der Waals surface area contributed by atoms with E-state index in [0.717, 1.165) is 12.3 Å². The van der Waals surface area contributed by atoms with Gasteiger partial charge in [0.1, 0.15) is 0 Å². The van der Waals surface area contributed by atoms with Crippen molar-refractivity contribution in [3.05, 3.63) is 0 Å². The summed E-state index contributed by atoms with van der Waals surface area (Å²) in [6, 6.07) is 0. The first kappa shape index (κ1) is 37.1. The number of rotatable bonds is 21. The summed E-state index contributed by atoms with van der Waals surface area (Å²) in [4.78, 5) is 10.4. The molecule has 0 fully saturated rings. The largest absolute Gasteiger partial charge is 0.115 e. The Kier molecular flexibility index (Phi) is 43.2. The molecule has 0 aliphatic carbocycles. The monoisotopic (exact) mass is 600 g/mol. The van der Waals surface area contributed by atoms with Gasteiger partial charge in [-0.15, -0.1) is 36.0 Å². The molecule has 0 atom stereocenters. The normalized spacial score (nSPS) is 10.3. The SMILES string of the molecule is CC(C)CCCCCCC(=O)S.CCCCCCC[CH2][Sn][CH2]CCCCCCC.SS. The van der Waals surface area contributed by atoms with E-state index in [-0.39, 0.29) is 26.3 Å². The molecule has 31 heavy (non-hydrogen) atoms. The Bertz CT molecular complexity index is 301. The molecule has 0 aromatic heterocycles. The molecule has 0 heterocycles. The smallest absolute Gasteiger partial charge is 0.115 e. The quantitative estimate of drug-likeness (QED) is 0.0518. The molecule has 2 radical (unpaired) electrons. The number of thiol groups is 3. The van der Waals surface area contributed by atoms with Crippen molar-refractivity contribution in [3.63, 3.8) is 0 Å². The van der Waals surface area contributed by atoms with Crippen molar-refractivity contribution in [2.45, 2.75) is 152 Å². The minimum atomic E-state index is 0.0267. The van der Waals surface area contributed by atoms with Crippen molar-refractivity contribution in [2.75, 3.05) is 0 Å². The van der Waals surface area contributed by atoms with E-state index >= 15 is 0 Å². The number of carbonyl (C=O) groups excluding carboxylic acids is 1. The van der Waals surface area contributed by atoms with Crippen molar-refractivity contribution in [3.8, 4) is 0 Å². The van der Waals surface area contributed by atoms with Crippen LogP contribution in [-0.4, -0.2) is 26.3 Å². The molecule has 0 N–H and O–H groups in total. The van der Waals surface area contributed by atoms with E-state index < -0.39 is 0 Å². The molecule has 0 aliphatic rings. The number of unbranched alkanes of at least 4 members (excludes halogenated alkanes) is 13. The van der Waals surface area contributed by atoms with Gasteiger partial charge in [-0.1, -0.05) is 39.5 Å². The van der Waals surface area contributed by atoms with Crippen LogP contribution in [0.5, 0.6) is 0 Å². The second kappa shape index (κ2) is 36.1. The van der Waals surface area contributed by atoms with Crippen LogP contribution >= 0.6 is 36.0 Å². The van der Waals surface area contributed by atoms with Gasteiger partial charge in [0, 0.05) is 6.42 Å². The standard InChI is InChI=1S/C10H20OS.2C8H17.H2S2.Sn/c1-9(2)7-5-3-4-6-8-10(11)12;2*1-3-5-7-8-6-4-2;1-2;/h9H,3-8H2,1-2H3,(H,11,12);2*1,3-8H2,2H3;1-2H;. The third-order valence-electron chi connectivity index (χ3n) is 5.34. The Morgan fingerprint density at radius 2 is 1.03 bits per heavy atom. The second-order valence-electron chi connectivity index (χ2n) is 9.03. The minimum absolute atomic E-state index is 0.0267. The first-order valence-electron chi connectivity index (χ1n) is 13.2. The summed E-state index contributed by atoms with van der Waals surface area (Å²) in [6.45, 7) is 9.10. The van der Waals surface area contributed by atoms with Crippen molar-refractivity contribution in [2.24, 2.45) is 5.92 Å². The van der Waals surface area contributed by atoms with Crippen LogP contribution in [0.15, 0.2) is 0 Å². The maximum atomic E-state index is 10.4. The Morgan fingerprint density at radius 3 is 1.45 bits per heavy atom. The molecule has 0 aromatic carbocycles. The minimum Gasteiger partial charge on any atom is -0.115 e. The zero-order chi connectivity index (χ0) is 24.0. The average molecular weight is 600 g/mol. The third kappa shape index (κ3) is 45.7. The fourth-order valence-corrected chi connectivity index (χ4v) is 7.09. The van der Waals surface area contributed by atoms with Gasteiger partial charge < -0.3 is 0 Å². The Balaban J connectivity index is -0.000000492. The number of carbonyl (C=O) groups is 1. The molecule has 0 aliphatic heterocycles. The van der Waals surface area contributed by atoms with Crippen LogP contribution in [0, 0.1) is 5.92 Å². The first-order chi connectivity index (χ1) is 15.0. The van der Waals surface area contributed by atoms with Gasteiger partial charge >= 0.3 is 121 Å². The molecule has 5 heteroatoms. The van der Waals surface area contributed by atoms with Crippen molar-refractivity contribution >= 4 is 62.2 Å².